The first-order valence-corrected chi connectivity index (χ1v) is 6.97. The van der Waals surface area contributed by atoms with Crippen LogP contribution < -0.4 is 5.73 Å². The first-order valence-electron chi connectivity index (χ1n) is 6.97. The molecule has 0 bridgehead atoms. The third-order valence-electron chi connectivity index (χ3n) is 3.63. The number of nitrogen functional groups attached to an aromatic ring is 1. The van der Waals surface area contributed by atoms with Crippen LogP contribution in [0.3, 0.4) is 0 Å². The summed E-state index contributed by atoms with van der Waals surface area (Å²) >= 11 is 0. The average Bonchev–Trinajstić information content (AvgIpc) is 2.41. The molecule has 0 unspecified atom stereocenters. The smallest absolute Gasteiger partial charge is 0.292 e. The van der Waals surface area contributed by atoms with Crippen molar-refractivity contribution in [1.29, 1.82) is 0 Å². The number of anilines is 1. The third kappa shape index (κ3) is 3.68. The van der Waals surface area contributed by atoms with Gasteiger partial charge in [0.15, 0.2) is 0 Å². The highest BCUT2D eigenvalue weighted by molar-refractivity contribution is 5.59. The van der Waals surface area contributed by atoms with Gasteiger partial charge in [0.1, 0.15) is 5.69 Å². The number of hydrogen-bond donors (Lipinski definition) is 1. The fraction of sp³-hybridized carbons (Fsp3) is 0.571. The van der Waals surface area contributed by atoms with Gasteiger partial charge in [-0.25, -0.2) is 0 Å². The van der Waals surface area contributed by atoms with Gasteiger partial charge in [-0.3, -0.25) is 15.0 Å². The van der Waals surface area contributed by atoms with Gasteiger partial charge in [0.25, 0.3) is 5.69 Å². The molecule has 0 spiro atoms. The van der Waals surface area contributed by atoms with Crippen LogP contribution in [0.25, 0.3) is 0 Å². The molecule has 1 aliphatic heterocycles. The Labute approximate surface area is 118 Å². The van der Waals surface area contributed by atoms with E-state index in [1.807, 2.05) is 6.92 Å². The molecule has 1 aromatic carbocycles. The summed E-state index contributed by atoms with van der Waals surface area (Å²) in [5.74, 6) is 0. The highest BCUT2D eigenvalue weighted by Gasteiger charge is 2.20. The van der Waals surface area contributed by atoms with Crippen molar-refractivity contribution in [1.82, 2.24) is 4.90 Å². The van der Waals surface area contributed by atoms with E-state index in [2.05, 4.69) is 4.90 Å². The summed E-state index contributed by atoms with van der Waals surface area (Å²) in [6.07, 6.45) is 2.45. The van der Waals surface area contributed by atoms with Crippen molar-refractivity contribution in [2.24, 2.45) is 0 Å². The van der Waals surface area contributed by atoms with Gasteiger partial charge in [-0.15, -0.1) is 0 Å². The predicted octanol–water partition coefficient (Wildman–Crippen LogP) is 2.18. The molecule has 6 nitrogen and oxygen atoms in total. The van der Waals surface area contributed by atoms with E-state index in [1.54, 1.807) is 12.1 Å². The Morgan fingerprint density at radius 1 is 1.45 bits per heavy atom. The zero-order valence-corrected chi connectivity index (χ0v) is 11.7. The molecule has 0 aromatic heterocycles. The molecule has 0 saturated carbocycles. The normalized spacial score (nSPS) is 17.2. The zero-order chi connectivity index (χ0) is 14.5. The molecule has 0 aliphatic carbocycles. The molecular formula is C14H21N3O3. The van der Waals surface area contributed by atoms with Crippen LogP contribution in [-0.4, -0.2) is 35.6 Å². The lowest BCUT2D eigenvalue weighted by Crippen LogP contribution is -2.36. The van der Waals surface area contributed by atoms with Crippen LogP contribution in [0.4, 0.5) is 11.4 Å². The standard InChI is InChI=1S/C14H21N3O3/c1-2-20-12-5-7-16(8-6-12)10-11-3-4-14(17(18)19)13(15)9-11/h3-4,9,12H,2,5-8,10,15H2,1H3. The molecule has 110 valence electrons. The van der Waals surface area contributed by atoms with Gasteiger partial charge >= 0.3 is 0 Å². The lowest BCUT2D eigenvalue weighted by atomic mass is 10.1. The molecule has 1 aliphatic rings. The summed E-state index contributed by atoms with van der Waals surface area (Å²) in [4.78, 5) is 12.6. The van der Waals surface area contributed by atoms with E-state index in [0.29, 0.717) is 6.10 Å². The minimum Gasteiger partial charge on any atom is -0.393 e. The van der Waals surface area contributed by atoms with Crippen LogP contribution in [0.1, 0.15) is 25.3 Å². The van der Waals surface area contributed by atoms with Gasteiger partial charge in [0.05, 0.1) is 11.0 Å². The number of rotatable bonds is 5. The Morgan fingerprint density at radius 2 is 2.15 bits per heavy atom. The van der Waals surface area contributed by atoms with E-state index in [4.69, 9.17) is 10.5 Å². The largest absolute Gasteiger partial charge is 0.393 e. The number of likely N-dealkylation sites (tertiary alicyclic amines) is 1. The Kier molecular flexibility index (Phi) is 4.92. The van der Waals surface area contributed by atoms with E-state index in [0.717, 1.165) is 44.6 Å². The second kappa shape index (κ2) is 6.67. The zero-order valence-electron chi connectivity index (χ0n) is 11.7. The quantitative estimate of drug-likeness (QED) is 0.507. The van der Waals surface area contributed by atoms with E-state index in [1.165, 1.54) is 6.07 Å². The molecule has 2 N–H and O–H groups in total. The summed E-state index contributed by atoms with van der Waals surface area (Å²) < 4.78 is 5.62. The molecule has 0 amide bonds. The summed E-state index contributed by atoms with van der Waals surface area (Å²) in [6, 6.07) is 4.97. The lowest BCUT2D eigenvalue weighted by molar-refractivity contribution is -0.383. The average molecular weight is 279 g/mol. The molecule has 0 atom stereocenters. The molecule has 1 heterocycles. The number of nitrogens with zero attached hydrogens (tertiary/aromatic N) is 2. The van der Waals surface area contributed by atoms with Gasteiger partial charge in [0.2, 0.25) is 0 Å². The SMILES string of the molecule is CCOC1CCN(Cc2ccc([N+](=O)[O-])c(N)c2)CC1. The topological polar surface area (TPSA) is 81.6 Å². The fourth-order valence-electron chi connectivity index (χ4n) is 2.60. The number of nitrogens with two attached hydrogens (primary N) is 1. The molecule has 1 saturated heterocycles. The lowest BCUT2D eigenvalue weighted by Gasteiger charge is -2.31. The number of hydrogen-bond acceptors (Lipinski definition) is 5. The summed E-state index contributed by atoms with van der Waals surface area (Å²) in [7, 11) is 0. The maximum atomic E-state index is 10.7. The van der Waals surface area contributed by atoms with Crippen molar-refractivity contribution in [3.05, 3.63) is 33.9 Å². The van der Waals surface area contributed by atoms with Gasteiger partial charge < -0.3 is 10.5 Å². The summed E-state index contributed by atoms with van der Waals surface area (Å²) in [5, 5.41) is 10.7. The molecule has 1 aromatic rings. The highest BCUT2D eigenvalue weighted by Crippen LogP contribution is 2.23. The maximum Gasteiger partial charge on any atom is 0.292 e. The number of benzene rings is 1. The molecule has 2 rings (SSSR count). The van der Waals surface area contributed by atoms with Gasteiger partial charge in [-0.1, -0.05) is 6.07 Å². The minimum absolute atomic E-state index is 0.0243. The minimum atomic E-state index is -0.452. The number of piperidine rings is 1. The van der Waals surface area contributed by atoms with Crippen molar-refractivity contribution in [2.75, 3.05) is 25.4 Å². The fourth-order valence-corrected chi connectivity index (χ4v) is 2.60. The van der Waals surface area contributed by atoms with E-state index < -0.39 is 4.92 Å². The second-order valence-electron chi connectivity index (χ2n) is 5.08. The molecule has 20 heavy (non-hydrogen) atoms. The Bertz CT molecular complexity index is 471. The van der Waals surface area contributed by atoms with Crippen molar-refractivity contribution >= 4 is 11.4 Å². The molecule has 6 heteroatoms. The van der Waals surface area contributed by atoms with E-state index in [9.17, 15) is 10.1 Å². The van der Waals surface area contributed by atoms with Crippen molar-refractivity contribution in [3.8, 4) is 0 Å². The number of ether oxygens (including phenoxy) is 1. The van der Waals surface area contributed by atoms with Gasteiger partial charge in [-0.05, 0) is 31.4 Å². The Balaban J connectivity index is 1.91. The first-order chi connectivity index (χ1) is 9.60. The van der Waals surface area contributed by atoms with Crippen LogP contribution in [0.2, 0.25) is 0 Å². The summed E-state index contributed by atoms with van der Waals surface area (Å²) in [5.41, 5.74) is 6.93. The molecule has 0 radical (unpaired) electrons. The third-order valence-corrected chi connectivity index (χ3v) is 3.63. The first kappa shape index (κ1) is 14.7. The van der Waals surface area contributed by atoms with Crippen molar-refractivity contribution in [2.45, 2.75) is 32.4 Å². The second-order valence-corrected chi connectivity index (χ2v) is 5.08. The van der Waals surface area contributed by atoms with Crippen LogP contribution in [0.15, 0.2) is 18.2 Å². The summed E-state index contributed by atoms with van der Waals surface area (Å²) in [6.45, 7) is 5.54. The monoisotopic (exact) mass is 279 g/mol. The Hall–Kier alpha value is -1.66. The molecule has 1 fully saturated rings. The Morgan fingerprint density at radius 3 is 2.70 bits per heavy atom. The van der Waals surface area contributed by atoms with Gasteiger partial charge in [0, 0.05) is 32.3 Å². The van der Waals surface area contributed by atoms with Crippen LogP contribution in [0.5, 0.6) is 0 Å². The van der Waals surface area contributed by atoms with Crippen LogP contribution in [0, 0.1) is 10.1 Å². The van der Waals surface area contributed by atoms with Crippen LogP contribution >= 0.6 is 0 Å². The van der Waals surface area contributed by atoms with E-state index >= 15 is 0 Å². The van der Waals surface area contributed by atoms with Gasteiger partial charge in [-0.2, -0.15) is 0 Å². The molecular weight excluding hydrogens is 258 g/mol. The maximum absolute atomic E-state index is 10.7. The predicted molar refractivity (Wildman–Crippen MR) is 77.4 cm³/mol. The van der Waals surface area contributed by atoms with Crippen LogP contribution in [-0.2, 0) is 11.3 Å². The van der Waals surface area contributed by atoms with Crippen molar-refractivity contribution < 1.29 is 9.66 Å². The number of nitro benzene ring substituents is 1. The highest BCUT2D eigenvalue weighted by atomic mass is 16.6. The number of nitro groups is 1. The van der Waals surface area contributed by atoms with E-state index in [-0.39, 0.29) is 11.4 Å². The van der Waals surface area contributed by atoms with Crippen molar-refractivity contribution in [3.63, 3.8) is 0 Å².